The Kier molecular flexibility index (Phi) is 4.17. The molecule has 2 rings (SSSR count). The van der Waals surface area contributed by atoms with E-state index in [2.05, 4.69) is 25.8 Å². The standard InChI is InChI=1S/C14H25N3O4/c1-13(2)8-16(6-5-15(13)4)12(20)17-9-14(3,10-17)21-7-11(18)19/h5-10H2,1-4H3,(H,18,19). The number of carbonyl (C=O) groups excluding carboxylic acids is 1. The number of urea groups is 1. The molecule has 7 heteroatoms. The van der Waals surface area contributed by atoms with Gasteiger partial charge in [0, 0.05) is 25.2 Å². The molecule has 2 heterocycles. The summed E-state index contributed by atoms with van der Waals surface area (Å²) in [6.07, 6.45) is 0. The Morgan fingerprint density at radius 3 is 2.24 bits per heavy atom. The molecular formula is C14H25N3O4. The van der Waals surface area contributed by atoms with Crippen molar-refractivity contribution in [1.29, 1.82) is 0 Å². The van der Waals surface area contributed by atoms with Gasteiger partial charge in [-0.05, 0) is 27.8 Å². The fourth-order valence-corrected chi connectivity index (χ4v) is 2.83. The lowest BCUT2D eigenvalue weighted by Crippen LogP contribution is -2.68. The highest BCUT2D eigenvalue weighted by Crippen LogP contribution is 2.27. The molecule has 2 aliphatic heterocycles. The summed E-state index contributed by atoms with van der Waals surface area (Å²) in [6.45, 7) is 8.96. The third kappa shape index (κ3) is 3.47. The number of carboxylic acid groups (broad SMARTS) is 1. The molecule has 0 radical (unpaired) electrons. The fourth-order valence-electron chi connectivity index (χ4n) is 2.83. The quantitative estimate of drug-likeness (QED) is 0.812. The maximum absolute atomic E-state index is 12.5. The molecule has 0 unspecified atom stereocenters. The van der Waals surface area contributed by atoms with Crippen molar-refractivity contribution in [3.05, 3.63) is 0 Å². The van der Waals surface area contributed by atoms with Gasteiger partial charge in [0.25, 0.3) is 0 Å². The number of nitrogens with zero attached hydrogens (tertiary/aromatic N) is 3. The number of hydrogen-bond acceptors (Lipinski definition) is 4. The Bertz CT molecular complexity index is 432. The number of hydrogen-bond donors (Lipinski definition) is 1. The monoisotopic (exact) mass is 299 g/mol. The SMILES string of the molecule is CN1CCN(C(=O)N2CC(C)(OCC(=O)O)C2)CC1(C)C. The average Bonchev–Trinajstić information content (AvgIpc) is 2.35. The van der Waals surface area contributed by atoms with Crippen molar-refractivity contribution < 1.29 is 19.4 Å². The van der Waals surface area contributed by atoms with Crippen LogP contribution >= 0.6 is 0 Å². The van der Waals surface area contributed by atoms with Crippen LogP contribution in [0.3, 0.4) is 0 Å². The minimum atomic E-state index is -0.984. The van der Waals surface area contributed by atoms with Crippen LogP contribution in [0.2, 0.25) is 0 Å². The first kappa shape index (κ1) is 16.0. The molecule has 7 nitrogen and oxygen atoms in total. The van der Waals surface area contributed by atoms with E-state index in [9.17, 15) is 9.59 Å². The van der Waals surface area contributed by atoms with Crippen LogP contribution in [0.4, 0.5) is 4.79 Å². The Balaban J connectivity index is 1.85. The number of aliphatic carboxylic acids is 1. The van der Waals surface area contributed by atoms with E-state index in [1.54, 1.807) is 4.90 Å². The molecule has 0 atom stereocenters. The van der Waals surface area contributed by atoms with Crippen LogP contribution in [0.15, 0.2) is 0 Å². The molecule has 1 N–H and O–H groups in total. The summed E-state index contributed by atoms with van der Waals surface area (Å²) in [7, 11) is 2.07. The van der Waals surface area contributed by atoms with Crippen LogP contribution in [0.25, 0.3) is 0 Å². The second-order valence-corrected chi connectivity index (χ2v) is 6.93. The van der Waals surface area contributed by atoms with E-state index < -0.39 is 11.6 Å². The van der Waals surface area contributed by atoms with E-state index in [0.29, 0.717) is 19.6 Å². The summed E-state index contributed by atoms with van der Waals surface area (Å²) in [5, 5.41) is 8.64. The smallest absolute Gasteiger partial charge is 0.329 e. The first-order chi connectivity index (χ1) is 9.63. The molecule has 0 spiro atoms. The number of rotatable bonds is 3. The maximum Gasteiger partial charge on any atom is 0.329 e. The van der Waals surface area contributed by atoms with Gasteiger partial charge >= 0.3 is 12.0 Å². The largest absolute Gasteiger partial charge is 0.480 e. The summed E-state index contributed by atoms with van der Waals surface area (Å²) < 4.78 is 5.33. The highest BCUT2D eigenvalue weighted by Gasteiger charge is 2.45. The Hall–Kier alpha value is -1.34. The van der Waals surface area contributed by atoms with E-state index in [1.807, 2.05) is 11.8 Å². The van der Waals surface area contributed by atoms with Crippen LogP contribution in [0.1, 0.15) is 20.8 Å². The Morgan fingerprint density at radius 1 is 1.10 bits per heavy atom. The summed E-state index contributed by atoms with van der Waals surface area (Å²) in [6, 6.07) is 0.0209. The average molecular weight is 299 g/mol. The molecule has 0 aromatic carbocycles. The van der Waals surface area contributed by atoms with Gasteiger partial charge < -0.3 is 19.6 Å². The second-order valence-electron chi connectivity index (χ2n) is 6.93. The van der Waals surface area contributed by atoms with E-state index in [1.165, 1.54) is 0 Å². The van der Waals surface area contributed by atoms with Crippen LogP contribution in [-0.2, 0) is 9.53 Å². The van der Waals surface area contributed by atoms with Crippen LogP contribution in [0.5, 0.6) is 0 Å². The normalized spacial score (nSPS) is 24.6. The highest BCUT2D eigenvalue weighted by molar-refractivity contribution is 5.76. The zero-order chi connectivity index (χ0) is 15.8. The molecular weight excluding hydrogens is 274 g/mol. The third-order valence-electron chi connectivity index (χ3n) is 4.45. The zero-order valence-corrected chi connectivity index (χ0v) is 13.3. The van der Waals surface area contributed by atoms with Crippen molar-refractivity contribution in [2.45, 2.75) is 31.9 Å². The lowest BCUT2D eigenvalue weighted by Gasteiger charge is -2.51. The van der Waals surface area contributed by atoms with E-state index in [0.717, 1.165) is 13.1 Å². The number of piperazine rings is 1. The van der Waals surface area contributed by atoms with Gasteiger partial charge in [0.05, 0.1) is 13.1 Å². The van der Waals surface area contributed by atoms with Crippen LogP contribution in [0, 0.1) is 0 Å². The molecule has 0 bridgehead atoms. The first-order valence-corrected chi connectivity index (χ1v) is 7.24. The predicted molar refractivity (Wildman–Crippen MR) is 77.2 cm³/mol. The number of carboxylic acids is 1. The van der Waals surface area contributed by atoms with Crippen molar-refractivity contribution in [3.8, 4) is 0 Å². The van der Waals surface area contributed by atoms with Crippen LogP contribution in [-0.4, -0.2) is 89.3 Å². The van der Waals surface area contributed by atoms with Gasteiger partial charge in [-0.3, -0.25) is 4.90 Å². The second kappa shape index (κ2) is 5.46. The summed E-state index contributed by atoms with van der Waals surface area (Å²) in [5.74, 6) is -0.984. The molecule has 0 aromatic rings. The molecule has 2 amide bonds. The highest BCUT2D eigenvalue weighted by atomic mass is 16.5. The summed E-state index contributed by atoms with van der Waals surface area (Å²) >= 11 is 0. The molecule has 0 aliphatic carbocycles. The van der Waals surface area contributed by atoms with Gasteiger partial charge in [0.1, 0.15) is 12.2 Å². The first-order valence-electron chi connectivity index (χ1n) is 7.24. The number of likely N-dealkylation sites (N-methyl/N-ethyl adjacent to an activating group) is 1. The van der Waals surface area contributed by atoms with Crippen molar-refractivity contribution in [2.75, 3.05) is 46.4 Å². The van der Waals surface area contributed by atoms with Gasteiger partial charge in [-0.15, -0.1) is 0 Å². The van der Waals surface area contributed by atoms with Crippen molar-refractivity contribution >= 4 is 12.0 Å². The van der Waals surface area contributed by atoms with Crippen molar-refractivity contribution in [1.82, 2.24) is 14.7 Å². The lowest BCUT2D eigenvalue weighted by molar-refractivity contribution is -0.160. The third-order valence-corrected chi connectivity index (χ3v) is 4.45. The number of amides is 2. The van der Waals surface area contributed by atoms with Gasteiger partial charge in [-0.1, -0.05) is 0 Å². The van der Waals surface area contributed by atoms with E-state index in [-0.39, 0.29) is 18.2 Å². The minimum Gasteiger partial charge on any atom is -0.480 e. The van der Waals surface area contributed by atoms with Gasteiger partial charge in [0.2, 0.25) is 0 Å². The Morgan fingerprint density at radius 2 is 1.71 bits per heavy atom. The molecule has 0 aromatic heterocycles. The minimum absolute atomic E-state index is 0.0209. The lowest BCUT2D eigenvalue weighted by atomic mass is 9.96. The molecule has 0 saturated carbocycles. The number of likely N-dealkylation sites (tertiary alicyclic amines) is 1. The molecule has 2 aliphatic rings. The van der Waals surface area contributed by atoms with Crippen molar-refractivity contribution in [2.24, 2.45) is 0 Å². The van der Waals surface area contributed by atoms with Gasteiger partial charge in [0.15, 0.2) is 0 Å². The predicted octanol–water partition coefficient (Wildman–Crippen LogP) is 0.308. The van der Waals surface area contributed by atoms with Gasteiger partial charge in [-0.25, -0.2) is 9.59 Å². The molecule has 2 saturated heterocycles. The van der Waals surface area contributed by atoms with Crippen molar-refractivity contribution in [3.63, 3.8) is 0 Å². The fraction of sp³-hybridized carbons (Fsp3) is 0.857. The topological polar surface area (TPSA) is 73.3 Å². The van der Waals surface area contributed by atoms with Crippen LogP contribution < -0.4 is 0 Å². The zero-order valence-electron chi connectivity index (χ0n) is 13.3. The maximum atomic E-state index is 12.5. The van der Waals surface area contributed by atoms with E-state index in [4.69, 9.17) is 9.84 Å². The Labute approximate surface area is 125 Å². The summed E-state index contributed by atoms with van der Waals surface area (Å²) in [4.78, 5) is 28.8. The molecule has 2 fully saturated rings. The number of carbonyl (C=O) groups is 2. The molecule has 120 valence electrons. The summed E-state index contributed by atoms with van der Waals surface area (Å²) in [5.41, 5.74) is -0.558. The molecule has 21 heavy (non-hydrogen) atoms. The van der Waals surface area contributed by atoms with E-state index >= 15 is 0 Å². The van der Waals surface area contributed by atoms with Gasteiger partial charge in [-0.2, -0.15) is 0 Å². The number of ether oxygens (including phenoxy) is 1.